The quantitative estimate of drug-likeness (QED) is 0.860. The molecule has 0 aliphatic carbocycles. The van der Waals surface area contributed by atoms with Crippen LogP contribution in [0.5, 0.6) is 0 Å². The highest BCUT2D eigenvalue weighted by atomic mass is 35.5. The minimum atomic E-state index is -0.0505. The number of carbonyl (C=O) groups excluding carboxylic acids is 1. The molecule has 0 aromatic heterocycles. The summed E-state index contributed by atoms with van der Waals surface area (Å²) < 4.78 is 0. The molecule has 1 aromatic carbocycles. The number of rotatable bonds is 1. The second kappa shape index (κ2) is 5.14. The number of hydrogen-bond acceptors (Lipinski definition) is 2. The molecule has 1 atom stereocenters. The molecule has 1 aliphatic rings. The first-order chi connectivity index (χ1) is 8.81. The molecule has 1 fully saturated rings. The second-order valence-corrected chi connectivity index (χ2v) is 6.50. The van der Waals surface area contributed by atoms with Crippen LogP contribution < -0.4 is 5.73 Å². The molecular formula is C15H21ClN2O. The molecule has 4 heteroatoms. The Bertz CT molecular complexity index is 499. The maximum absolute atomic E-state index is 12.5. The summed E-state index contributed by atoms with van der Waals surface area (Å²) in [7, 11) is 0. The normalized spacial score (nSPS) is 22.4. The highest BCUT2D eigenvalue weighted by molar-refractivity contribution is 6.33. The van der Waals surface area contributed by atoms with Gasteiger partial charge < -0.3 is 10.6 Å². The molecule has 2 rings (SSSR count). The van der Waals surface area contributed by atoms with E-state index < -0.39 is 0 Å². The van der Waals surface area contributed by atoms with E-state index in [4.69, 9.17) is 17.3 Å². The minimum absolute atomic E-state index is 0.00461. The Morgan fingerprint density at radius 3 is 2.74 bits per heavy atom. The molecule has 2 N–H and O–H groups in total. The first kappa shape index (κ1) is 14.4. The average Bonchev–Trinajstić information content (AvgIpc) is 2.32. The molecule has 19 heavy (non-hydrogen) atoms. The molecule has 0 bridgehead atoms. The number of likely N-dealkylation sites (tertiary alicyclic amines) is 1. The number of amides is 1. The Kier molecular flexibility index (Phi) is 3.88. The number of nitrogens with two attached hydrogens (primary N) is 1. The molecule has 104 valence electrons. The molecule has 3 nitrogen and oxygen atoms in total. The zero-order valence-corrected chi connectivity index (χ0v) is 12.5. The van der Waals surface area contributed by atoms with Crippen molar-refractivity contribution in [2.45, 2.75) is 33.2 Å². The van der Waals surface area contributed by atoms with Gasteiger partial charge in [-0.15, -0.1) is 0 Å². The van der Waals surface area contributed by atoms with Gasteiger partial charge >= 0.3 is 0 Å². The molecule has 0 radical (unpaired) electrons. The van der Waals surface area contributed by atoms with E-state index in [-0.39, 0.29) is 17.4 Å². The van der Waals surface area contributed by atoms with Crippen molar-refractivity contribution in [3.05, 3.63) is 34.3 Å². The van der Waals surface area contributed by atoms with Crippen LogP contribution in [-0.4, -0.2) is 29.9 Å². The van der Waals surface area contributed by atoms with Gasteiger partial charge in [0.05, 0.1) is 10.6 Å². The summed E-state index contributed by atoms with van der Waals surface area (Å²) in [6.07, 6.45) is 0.836. The van der Waals surface area contributed by atoms with Crippen molar-refractivity contribution in [2.24, 2.45) is 11.1 Å². The van der Waals surface area contributed by atoms with Gasteiger partial charge in [-0.2, -0.15) is 0 Å². The molecular weight excluding hydrogens is 260 g/mol. The number of halogens is 1. The lowest BCUT2D eigenvalue weighted by Gasteiger charge is -2.42. The molecule has 1 unspecified atom stereocenters. The van der Waals surface area contributed by atoms with E-state index in [9.17, 15) is 4.79 Å². The van der Waals surface area contributed by atoms with Crippen LogP contribution in [0.3, 0.4) is 0 Å². The minimum Gasteiger partial charge on any atom is -0.338 e. The van der Waals surface area contributed by atoms with E-state index >= 15 is 0 Å². The number of hydrogen-bond donors (Lipinski definition) is 1. The third kappa shape index (κ3) is 2.93. The summed E-state index contributed by atoms with van der Waals surface area (Å²) in [6, 6.07) is 5.70. The fourth-order valence-electron chi connectivity index (χ4n) is 2.51. The number of benzene rings is 1. The number of piperidine rings is 1. The first-order valence-corrected chi connectivity index (χ1v) is 7.00. The third-order valence-electron chi connectivity index (χ3n) is 3.95. The summed E-state index contributed by atoms with van der Waals surface area (Å²) in [5, 5.41) is 0.526. The van der Waals surface area contributed by atoms with Crippen molar-refractivity contribution in [3.63, 3.8) is 0 Å². The van der Waals surface area contributed by atoms with E-state index in [0.717, 1.165) is 12.0 Å². The maximum atomic E-state index is 12.5. The van der Waals surface area contributed by atoms with E-state index in [2.05, 4.69) is 13.8 Å². The standard InChI is InChI=1S/C15H21ClN2O/c1-10-4-5-11(12(16)8-10)14(19)18-7-6-13(17)15(2,3)9-18/h4-5,8,13H,6-7,9,17H2,1-3H3. The first-order valence-electron chi connectivity index (χ1n) is 6.62. The summed E-state index contributed by atoms with van der Waals surface area (Å²) in [4.78, 5) is 14.4. The van der Waals surface area contributed by atoms with Gasteiger partial charge in [-0.25, -0.2) is 0 Å². The highest BCUT2D eigenvalue weighted by Crippen LogP contribution is 2.29. The van der Waals surface area contributed by atoms with Gasteiger partial charge in [-0.05, 0) is 36.5 Å². The molecule has 1 heterocycles. The Hall–Kier alpha value is -1.06. The molecule has 1 amide bonds. The fourth-order valence-corrected chi connectivity index (χ4v) is 2.83. The largest absolute Gasteiger partial charge is 0.338 e. The Morgan fingerprint density at radius 1 is 1.47 bits per heavy atom. The van der Waals surface area contributed by atoms with Crippen molar-refractivity contribution in [1.82, 2.24) is 4.90 Å². The van der Waals surface area contributed by atoms with Crippen LogP contribution in [0.1, 0.15) is 36.2 Å². The topological polar surface area (TPSA) is 46.3 Å². The summed E-state index contributed by atoms with van der Waals surface area (Å²) in [5.41, 5.74) is 7.69. The zero-order chi connectivity index (χ0) is 14.2. The van der Waals surface area contributed by atoms with E-state index in [1.165, 1.54) is 0 Å². The van der Waals surface area contributed by atoms with Gasteiger partial charge in [0.15, 0.2) is 0 Å². The zero-order valence-electron chi connectivity index (χ0n) is 11.7. The van der Waals surface area contributed by atoms with E-state index in [1.807, 2.05) is 30.0 Å². The van der Waals surface area contributed by atoms with Gasteiger partial charge in [0.1, 0.15) is 0 Å². The lowest BCUT2D eigenvalue weighted by atomic mass is 9.79. The Morgan fingerprint density at radius 2 is 2.16 bits per heavy atom. The molecule has 0 spiro atoms. The highest BCUT2D eigenvalue weighted by Gasteiger charge is 2.35. The summed E-state index contributed by atoms with van der Waals surface area (Å²) in [5.74, 6) is 0.00461. The van der Waals surface area contributed by atoms with Gasteiger partial charge in [-0.1, -0.05) is 31.5 Å². The van der Waals surface area contributed by atoms with Gasteiger partial charge in [-0.3, -0.25) is 4.79 Å². The predicted molar refractivity (Wildman–Crippen MR) is 78.5 cm³/mol. The summed E-state index contributed by atoms with van der Waals surface area (Å²) >= 11 is 6.17. The lowest BCUT2D eigenvalue weighted by Crippen LogP contribution is -2.54. The van der Waals surface area contributed by atoms with Crippen LogP contribution in [0.4, 0.5) is 0 Å². The SMILES string of the molecule is Cc1ccc(C(=O)N2CCC(N)C(C)(C)C2)c(Cl)c1. The number of nitrogens with zero attached hydrogens (tertiary/aromatic N) is 1. The van der Waals surface area contributed by atoms with Crippen molar-refractivity contribution in [2.75, 3.05) is 13.1 Å². The maximum Gasteiger partial charge on any atom is 0.255 e. The van der Waals surface area contributed by atoms with E-state index in [0.29, 0.717) is 23.7 Å². The monoisotopic (exact) mass is 280 g/mol. The smallest absolute Gasteiger partial charge is 0.255 e. The number of carbonyl (C=O) groups is 1. The molecule has 0 saturated carbocycles. The fraction of sp³-hybridized carbons (Fsp3) is 0.533. The van der Waals surface area contributed by atoms with Crippen LogP contribution in [0.2, 0.25) is 5.02 Å². The Labute approximate surface area is 119 Å². The van der Waals surface area contributed by atoms with Gasteiger partial charge in [0.25, 0.3) is 5.91 Å². The third-order valence-corrected chi connectivity index (χ3v) is 4.27. The predicted octanol–water partition coefficient (Wildman–Crippen LogP) is 2.85. The van der Waals surface area contributed by atoms with Crippen molar-refractivity contribution in [1.29, 1.82) is 0 Å². The summed E-state index contributed by atoms with van der Waals surface area (Å²) in [6.45, 7) is 7.55. The number of aryl methyl sites for hydroxylation is 1. The van der Waals surface area contributed by atoms with Gasteiger partial charge in [0, 0.05) is 19.1 Å². The van der Waals surface area contributed by atoms with Crippen molar-refractivity contribution in [3.8, 4) is 0 Å². The molecule has 1 aromatic rings. The van der Waals surface area contributed by atoms with Crippen LogP contribution in [-0.2, 0) is 0 Å². The lowest BCUT2D eigenvalue weighted by molar-refractivity contribution is 0.0533. The molecule has 1 aliphatic heterocycles. The van der Waals surface area contributed by atoms with Crippen molar-refractivity contribution >= 4 is 17.5 Å². The van der Waals surface area contributed by atoms with Crippen LogP contribution >= 0.6 is 11.6 Å². The van der Waals surface area contributed by atoms with Crippen LogP contribution in [0, 0.1) is 12.3 Å². The van der Waals surface area contributed by atoms with Crippen LogP contribution in [0.25, 0.3) is 0 Å². The van der Waals surface area contributed by atoms with Crippen molar-refractivity contribution < 1.29 is 4.79 Å². The molecule has 1 saturated heterocycles. The Balaban J connectivity index is 2.21. The van der Waals surface area contributed by atoms with Crippen LogP contribution in [0.15, 0.2) is 18.2 Å². The second-order valence-electron chi connectivity index (χ2n) is 6.09. The van der Waals surface area contributed by atoms with E-state index in [1.54, 1.807) is 0 Å². The van der Waals surface area contributed by atoms with Gasteiger partial charge in [0.2, 0.25) is 0 Å². The average molecular weight is 281 g/mol.